The van der Waals surface area contributed by atoms with Crippen LogP contribution in [-0.4, -0.2) is 36.0 Å². The molecule has 0 spiro atoms. The highest BCUT2D eigenvalue weighted by molar-refractivity contribution is 6.51. The van der Waals surface area contributed by atoms with Crippen molar-refractivity contribution in [1.29, 1.82) is 0 Å². The summed E-state index contributed by atoms with van der Waals surface area (Å²) in [6.07, 6.45) is 0.696. The molecule has 0 radical (unpaired) electrons. The van der Waals surface area contributed by atoms with E-state index in [1.807, 2.05) is 6.92 Å². The first-order chi connectivity index (χ1) is 17.8. The summed E-state index contributed by atoms with van der Waals surface area (Å²) in [7, 11) is 1.54. The molecule has 8 nitrogen and oxygen atoms in total. The fourth-order valence-corrected chi connectivity index (χ4v) is 4.77. The van der Waals surface area contributed by atoms with Gasteiger partial charge in [0.15, 0.2) is 0 Å². The Morgan fingerprint density at radius 2 is 1.68 bits per heavy atom. The largest absolute Gasteiger partial charge is 0.507 e. The highest BCUT2D eigenvalue weighted by Gasteiger charge is 2.47. The molecule has 2 aliphatic rings. The number of carbonyl (C=O) groups excluding carboxylic acids is 3. The zero-order valence-electron chi connectivity index (χ0n) is 20.6. The van der Waals surface area contributed by atoms with Crippen LogP contribution >= 0.6 is 0 Å². The number of anilines is 1. The van der Waals surface area contributed by atoms with Crippen LogP contribution in [0, 0.1) is 0 Å². The first-order valence-corrected chi connectivity index (χ1v) is 11.8. The van der Waals surface area contributed by atoms with E-state index in [9.17, 15) is 19.5 Å². The van der Waals surface area contributed by atoms with E-state index in [-0.39, 0.29) is 17.4 Å². The zero-order chi connectivity index (χ0) is 26.3. The lowest BCUT2D eigenvalue weighted by Crippen LogP contribution is -2.29. The third-order valence-electron chi connectivity index (χ3n) is 6.42. The van der Waals surface area contributed by atoms with Crippen molar-refractivity contribution in [2.75, 3.05) is 12.0 Å². The lowest BCUT2D eigenvalue weighted by atomic mass is 9.94. The molecule has 1 N–H and O–H groups in total. The van der Waals surface area contributed by atoms with Crippen LogP contribution in [0.2, 0.25) is 0 Å². The number of Topliss-reactive ketones (excluding diaryl/α,β-unsaturated/α-hetero) is 1. The molecule has 5 rings (SSSR count). The zero-order valence-corrected chi connectivity index (χ0v) is 20.6. The summed E-state index contributed by atoms with van der Waals surface area (Å²) >= 11 is 0. The molecule has 1 amide bonds. The number of esters is 1. The molecule has 3 aromatic carbocycles. The Morgan fingerprint density at radius 1 is 1.00 bits per heavy atom. The first kappa shape index (κ1) is 24.1. The Bertz CT molecular complexity index is 1420. The molecule has 0 aliphatic carbocycles. The molecule has 1 fully saturated rings. The third-order valence-corrected chi connectivity index (χ3v) is 6.42. The van der Waals surface area contributed by atoms with E-state index in [2.05, 4.69) is 0 Å². The lowest BCUT2D eigenvalue weighted by molar-refractivity contribution is -0.132. The Balaban J connectivity index is 1.64. The standard InChI is InChI=1S/C29H25NO7/c1-16-14-20-15-19(6-13-24(20)36-16)27(32)25-26(18-4-9-23(10-5-18)37-17(2)31)30(29(34)28(25)33)21-7-11-22(35-3)12-8-21/h4-13,15-16,26,32H,14H2,1-3H3/b27-25-. The number of fused-ring (bicyclic) bond motifs is 1. The number of benzene rings is 3. The van der Waals surface area contributed by atoms with Gasteiger partial charge in [0, 0.05) is 24.6 Å². The summed E-state index contributed by atoms with van der Waals surface area (Å²) in [6.45, 7) is 3.26. The summed E-state index contributed by atoms with van der Waals surface area (Å²) in [6, 6.07) is 17.5. The number of ether oxygens (including phenoxy) is 3. The van der Waals surface area contributed by atoms with Crippen molar-refractivity contribution in [3.8, 4) is 17.2 Å². The number of aliphatic hydroxyl groups excluding tert-OH is 1. The van der Waals surface area contributed by atoms with Gasteiger partial charge >= 0.3 is 5.97 Å². The van der Waals surface area contributed by atoms with Crippen LogP contribution < -0.4 is 19.1 Å². The number of hydrogen-bond acceptors (Lipinski definition) is 7. The third kappa shape index (κ3) is 4.42. The van der Waals surface area contributed by atoms with Crippen molar-refractivity contribution in [1.82, 2.24) is 0 Å². The average Bonchev–Trinajstić information content (AvgIpc) is 3.39. The van der Waals surface area contributed by atoms with Gasteiger partial charge < -0.3 is 19.3 Å². The summed E-state index contributed by atoms with van der Waals surface area (Å²) in [4.78, 5) is 39.4. The molecular formula is C29H25NO7. The molecule has 8 heteroatoms. The summed E-state index contributed by atoms with van der Waals surface area (Å²) < 4.78 is 16.1. The summed E-state index contributed by atoms with van der Waals surface area (Å²) in [5, 5.41) is 11.4. The van der Waals surface area contributed by atoms with Crippen molar-refractivity contribution in [2.24, 2.45) is 0 Å². The van der Waals surface area contributed by atoms with Crippen LogP contribution in [0.25, 0.3) is 5.76 Å². The number of hydrogen-bond donors (Lipinski definition) is 1. The highest BCUT2D eigenvalue weighted by Crippen LogP contribution is 2.43. The normalized spacial score (nSPS) is 19.9. The lowest BCUT2D eigenvalue weighted by Gasteiger charge is -2.25. The van der Waals surface area contributed by atoms with Gasteiger partial charge in [-0.25, -0.2) is 0 Å². The van der Waals surface area contributed by atoms with E-state index < -0.39 is 23.7 Å². The molecule has 1 saturated heterocycles. The number of nitrogens with zero attached hydrogens (tertiary/aromatic N) is 1. The van der Waals surface area contributed by atoms with E-state index in [1.54, 1.807) is 66.7 Å². The van der Waals surface area contributed by atoms with Crippen LogP contribution in [0.3, 0.4) is 0 Å². The molecule has 3 aromatic rings. The van der Waals surface area contributed by atoms with E-state index in [1.165, 1.54) is 18.9 Å². The second-order valence-corrected chi connectivity index (χ2v) is 8.98. The van der Waals surface area contributed by atoms with E-state index in [0.29, 0.717) is 34.7 Å². The molecule has 37 heavy (non-hydrogen) atoms. The van der Waals surface area contributed by atoms with Crippen molar-refractivity contribution in [3.63, 3.8) is 0 Å². The number of amides is 1. The number of aliphatic hydroxyl groups is 1. The second-order valence-electron chi connectivity index (χ2n) is 8.98. The molecular weight excluding hydrogens is 474 g/mol. The topological polar surface area (TPSA) is 102 Å². The highest BCUT2D eigenvalue weighted by atomic mass is 16.5. The maximum absolute atomic E-state index is 13.4. The smallest absolute Gasteiger partial charge is 0.308 e. The quantitative estimate of drug-likeness (QED) is 0.180. The summed E-state index contributed by atoms with van der Waals surface area (Å²) in [5.74, 6) is -0.646. The van der Waals surface area contributed by atoms with Gasteiger partial charge in [-0.2, -0.15) is 0 Å². The molecule has 2 aliphatic heterocycles. The maximum atomic E-state index is 13.4. The molecule has 2 atom stereocenters. The number of rotatable bonds is 5. The van der Waals surface area contributed by atoms with Gasteiger partial charge in [0.2, 0.25) is 0 Å². The summed E-state index contributed by atoms with van der Waals surface area (Å²) in [5.41, 5.74) is 2.33. The van der Waals surface area contributed by atoms with Gasteiger partial charge in [-0.1, -0.05) is 12.1 Å². The fraction of sp³-hybridized carbons (Fsp3) is 0.207. The molecule has 0 saturated carbocycles. The Labute approximate surface area is 213 Å². The van der Waals surface area contributed by atoms with Crippen molar-refractivity contribution in [3.05, 3.63) is 89.0 Å². The Hall–Kier alpha value is -4.59. The maximum Gasteiger partial charge on any atom is 0.308 e. The van der Waals surface area contributed by atoms with Gasteiger partial charge in [0.1, 0.15) is 29.1 Å². The average molecular weight is 500 g/mol. The number of methoxy groups -OCH3 is 1. The van der Waals surface area contributed by atoms with Gasteiger partial charge in [-0.05, 0) is 72.6 Å². The fourth-order valence-electron chi connectivity index (χ4n) is 4.77. The van der Waals surface area contributed by atoms with E-state index in [0.717, 1.165) is 11.3 Å². The van der Waals surface area contributed by atoms with Crippen molar-refractivity contribution < 1.29 is 33.7 Å². The monoisotopic (exact) mass is 499 g/mol. The Kier molecular flexibility index (Phi) is 6.17. The SMILES string of the molecule is COc1ccc(N2C(=O)C(=O)/C(=C(\O)c3ccc4c(c3)CC(C)O4)C2c2ccc(OC(C)=O)cc2)cc1. The minimum Gasteiger partial charge on any atom is -0.507 e. The van der Waals surface area contributed by atoms with Crippen LogP contribution in [-0.2, 0) is 20.8 Å². The van der Waals surface area contributed by atoms with Crippen LogP contribution in [0.4, 0.5) is 5.69 Å². The molecule has 2 heterocycles. The predicted octanol–water partition coefficient (Wildman–Crippen LogP) is 4.57. The first-order valence-electron chi connectivity index (χ1n) is 11.8. The molecule has 0 bridgehead atoms. The van der Waals surface area contributed by atoms with Gasteiger partial charge in [0.05, 0.1) is 18.7 Å². The minimum atomic E-state index is -0.914. The van der Waals surface area contributed by atoms with Gasteiger partial charge in [-0.15, -0.1) is 0 Å². The van der Waals surface area contributed by atoms with Crippen LogP contribution in [0.15, 0.2) is 72.3 Å². The van der Waals surface area contributed by atoms with E-state index in [4.69, 9.17) is 14.2 Å². The number of carbonyl (C=O) groups is 3. The van der Waals surface area contributed by atoms with Crippen LogP contribution in [0.5, 0.6) is 17.2 Å². The molecule has 0 aromatic heterocycles. The van der Waals surface area contributed by atoms with Crippen LogP contribution in [0.1, 0.15) is 36.6 Å². The van der Waals surface area contributed by atoms with Gasteiger partial charge in [-0.3, -0.25) is 19.3 Å². The molecule has 2 unspecified atom stereocenters. The minimum absolute atomic E-state index is 0.0174. The molecule has 188 valence electrons. The predicted molar refractivity (Wildman–Crippen MR) is 136 cm³/mol. The van der Waals surface area contributed by atoms with E-state index >= 15 is 0 Å². The van der Waals surface area contributed by atoms with Crippen molar-refractivity contribution in [2.45, 2.75) is 32.4 Å². The van der Waals surface area contributed by atoms with Gasteiger partial charge in [0.25, 0.3) is 11.7 Å². The van der Waals surface area contributed by atoms with Crippen molar-refractivity contribution >= 4 is 29.1 Å². The Morgan fingerprint density at radius 3 is 2.32 bits per heavy atom. The number of ketones is 1. The second kappa shape index (κ2) is 9.46.